The molecule has 0 atom stereocenters. The average Bonchev–Trinajstić information content (AvgIpc) is 2.53. The monoisotopic (exact) mass is 368 g/mol. The number of halogens is 3. The zero-order chi connectivity index (χ0) is 19.6. The summed E-state index contributed by atoms with van der Waals surface area (Å²) in [6, 6.07) is 4.38. The summed E-state index contributed by atoms with van der Waals surface area (Å²) in [6.07, 6.45) is -4.76. The van der Waals surface area contributed by atoms with Crippen molar-refractivity contribution in [1.29, 1.82) is 0 Å². The molecule has 0 saturated carbocycles. The number of carbonyl (C=O) groups is 1. The van der Waals surface area contributed by atoms with E-state index in [1.807, 2.05) is 0 Å². The van der Waals surface area contributed by atoms with E-state index in [0.29, 0.717) is 0 Å². The normalized spacial score (nSPS) is 11.3. The van der Waals surface area contributed by atoms with Gasteiger partial charge in [-0.2, -0.15) is 13.2 Å². The Morgan fingerprint density at radius 3 is 2.38 bits per heavy atom. The van der Waals surface area contributed by atoms with Crippen molar-refractivity contribution in [2.45, 2.75) is 26.9 Å². The molecule has 0 fully saturated rings. The molecule has 26 heavy (non-hydrogen) atoms. The van der Waals surface area contributed by atoms with Gasteiger partial charge in [0, 0.05) is 5.56 Å². The molecular weight excluding hydrogens is 353 g/mol. The Balaban J connectivity index is 3.00. The second-order valence-electron chi connectivity index (χ2n) is 5.40. The minimum Gasteiger partial charge on any atom is -0.462 e. The molecule has 9 heteroatoms. The summed E-state index contributed by atoms with van der Waals surface area (Å²) < 4.78 is 45.2. The maximum atomic E-state index is 13.4. The van der Waals surface area contributed by atoms with E-state index in [2.05, 4.69) is 4.98 Å². The Morgan fingerprint density at radius 2 is 1.85 bits per heavy atom. The Morgan fingerprint density at radius 1 is 1.23 bits per heavy atom. The van der Waals surface area contributed by atoms with Gasteiger partial charge in [0.1, 0.15) is 5.69 Å². The predicted octanol–water partition coefficient (Wildman–Crippen LogP) is 4.47. The molecule has 2 rings (SSSR count). The third-order valence-electron chi connectivity index (χ3n) is 3.69. The molecule has 0 aliphatic carbocycles. The van der Waals surface area contributed by atoms with Gasteiger partial charge in [-0.15, -0.1) is 0 Å². The van der Waals surface area contributed by atoms with Crippen molar-refractivity contribution < 1.29 is 27.6 Å². The number of pyridine rings is 1. The van der Waals surface area contributed by atoms with Gasteiger partial charge < -0.3 is 4.74 Å². The van der Waals surface area contributed by atoms with Gasteiger partial charge in [-0.05, 0) is 26.8 Å². The number of nitrogens with zero attached hydrogens (tertiary/aromatic N) is 2. The fourth-order valence-electron chi connectivity index (χ4n) is 2.73. The summed E-state index contributed by atoms with van der Waals surface area (Å²) in [4.78, 5) is 27.0. The van der Waals surface area contributed by atoms with Crippen molar-refractivity contribution in [3.8, 4) is 11.1 Å². The van der Waals surface area contributed by atoms with Crippen molar-refractivity contribution >= 4 is 11.7 Å². The Labute approximate surface area is 146 Å². The van der Waals surface area contributed by atoms with Crippen LogP contribution in [0, 0.1) is 24.0 Å². The molecule has 0 aliphatic heterocycles. The van der Waals surface area contributed by atoms with E-state index in [1.54, 1.807) is 0 Å². The fourth-order valence-corrected chi connectivity index (χ4v) is 2.73. The van der Waals surface area contributed by atoms with Crippen LogP contribution in [0.1, 0.15) is 34.2 Å². The van der Waals surface area contributed by atoms with E-state index in [-0.39, 0.29) is 23.6 Å². The zero-order valence-corrected chi connectivity index (χ0v) is 14.2. The van der Waals surface area contributed by atoms with Crippen molar-refractivity contribution in [2.75, 3.05) is 6.61 Å². The molecule has 0 N–H and O–H groups in total. The first-order chi connectivity index (χ1) is 12.1. The van der Waals surface area contributed by atoms with Crippen molar-refractivity contribution in [3.63, 3.8) is 0 Å². The molecule has 6 nitrogen and oxygen atoms in total. The van der Waals surface area contributed by atoms with Gasteiger partial charge >= 0.3 is 12.1 Å². The standard InChI is InChI=1S/C17H15F3N2O4/c1-4-26-16(23)13-9(2)21-10(3)15(22(24)25)14(13)11-7-5-6-8-12(11)17(18,19)20/h5-8H,4H2,1-3H3. The number of alkyl halides is 3. The molecule has 0 aliphatic rings. The molecule has 138 valence electrons. The average molecular weight is 368 g/mol. The van der Waals surface area contributed by atoms with Crippen LogP contribution in [-0.4, -0.2) is 22.5 Å². The Hall–Kier alpha value is -2.97. The molecule has 1 heterocycles. The van der Waals surface area contributed by atoms with E-state index in [1.165, 1.54) is 32.9 Å². The van der Waals surface area contributed by atoms with Gasteiger partial charge in [-0.3, -0.25) is 15.1 Å². The van der Waals surface area contributed by atoms with Crippen LogP contribution in [0.5, 0.6) is 0 Å². The number of aromatic nitrogens is 1. The molecule has 0 saturated heterocycles. The summed E-state index contributed by atoms with van der Waals surface area (Å²) >= 11 is 0. The van der Waals surface area contributed by atoms with E-state index < -0.39 is 39.4 Å². The van der Waals surface area contributed by atoms with Crippen LogP contribution in [-0.2, 0) is 10.9 Å². The van der Waals surface area contributed by atoms with Gasteiger partial charge in [-0.25, -0.2) is 4.79 Å². The predicted molar refractivity (Wildman–Crippen MR) is 86.8 cm³/mol. The topological polar surface area (TPSA) is 82.3 Å². The summed E-state index contributed by atoms with van der Waals surface area (Å²) in [7, 11) is 0. The van der Waals surface area contributed by atoms with Gasteiger partial charge in [-0.1, -0.05) is 18.2 Å². The van der Waals surface area contributed by atoms with Crippen LogP contribution in [0.25, 0.3) is 11.1 Å². The summed E-state index contributed by atoms with van der Waals surface area (Å²) in [5.74, 6) is -0.965. The number of hydrogen-bond donors (Lipinski definition) is 0. The highest BCUT2D eigenvalue weighted by Crippen LogP contribution is 2.43. The first kappa shape index (κ1) is 19.4. The van der Waals surface area contributed by atoms with Crippen molar-refractivity contribution in [1.82, 2.24) is 4.98 Å². The van der Waals surface area contributed by atoms with Crippen molar-refractivity contribution in [3.05, 3.63) is 56.9 Å². The number of nitro groups is 1. The number of carbonyl (C=O) groups excluding carboxylic acids is 1. The quantitative estimate of drug-likeness (QED) is 0.452. The highest BCUT2D eigenvalue weighted by molar-refractivity contribution is 6.01. The number of esters is 1. The van der Waals surface area contributed by atoms with Crippen molar-refractivity contribution in [2.24, 2.45) is 0 Å². The largest absolute Gasteiger partial charge is 0.462 e. The van der Waals surface area contributed by atoms with E-state index in [9.17, 15) is 28.1 Å². The molecule has 1 aromatic heterocycles. The first-order valence-electron chi connectivity index (χ1n) is 7.58. The van der Waals surface area contributed by atoms with Gasteiger partial charge in [0.05, 0.1) is 33.9 Å². The fraction of sp³-hybridized carbons (Fsp3) is 0.294. The lowest BCUT2D eigenvalue weighted by molar-refractivity contribution is -0.385. The second kappa shape index (κ2) is 7.11. The highest BCUT2D eigenvalue weighted by Gasteiger charge is 2.38. The molecule has 2 aromatic rings. The summed E-state index contributed by atoms with van der Waals surface area (Å²) in [6.45, 7) is 4.18. The third-order valence-corrected chi connectivity index (χ3v) is 3.69. The zero-order valence-electron chi connectivity index (χ0n) is 14.2. The lowest BCUT2D eigenvalue weighted by Crippen LogP contribution is -2.15. The van der Waals surface area contributed by atoms with Crippen LogP contribution >= 0.6 is 0 Å². The van der Waals surface area contributed by atoms with Gasteiger partial charge in [0.15, 0.2) is 0 Å². The summed E-state index contributed by atoms with van der Waals surface area (Å²) in [5.41, 5.74) is -3.03. The SMILES string of the molecule is CCOC(=O)c1c(C)nc(C)c([N+](=O)[O-])c1-c1ccccc1C(F)(F)F. The third kappa shape index (κ3) is 3.51. The summed E-state index contributed by atoms with van der Waals surface area (Å²) in [5, 5.41) is 11.6. The minimum atomic E-state index is -4.76. The lowest BCUT2D eigenvalue weighted by Gasteiger charge is -2.17. The Bertz CT molecular complexity index is 879. The number of rotatable bonds is 4. The molecule has 0 unspecified atom stereocenters. The van der Waals surface area contributed by atoms with Crippen LogP contribution in [0.3, 0.4) is 0 Å². The van der Waals surface area contributed by atoms with E-state index >= 15 is 0 Å². The molecule has 0 radical (unpaired) electrons. The highest BCUT2D eigenvalue weighted by atomic mass is 19.4. The van der Waals surface area contributed by atoms with Crippen LogP contribution in [0.15, 0.2) is 24.3 Å². The molecule has 0 amide bonds. The van der Waals surface area contributed by atoms with Crippen LogP contribution in [0.4, 0.5) is 18.9 Å². The first-order valence-corrected chi connectivity index (χ1v) is 7.58. The number of hydrogen-bond acceptors (Lipinski definition) is 5. The molecule has 1 aromatic carbocycles. The maximum absolute atomic E-state index is 13.4. The molecular formula is C17H15F3N2O4. The number of ether oxygens (including phenoxy) is 1. The smallest absolute Gasteiger partial charge is 0.417 e. The number of aryl methyl sites for hydroxylation is 2. The van der Waals surface area contributed by atoms with Gasteiger partial charge in [0.2, 0.25) is 0 Å². The Kier molecular flexibility index (Phi) is 5.29. The van der Waals surface area contributed by atoms with E-state index in [0.717, 1.165) is 12.1 Å². The van der Waals surface area contributed by atoms with Crippen LogP contribution in [0.2, 0.25) is 0 Å². The lowest BCUT2D eigenvalue weighted by atomic mass is 9.92. The maximum Gasteiger partial charge on any atom is 0.417 e. The molecule has 0 spiro atoms. The minimum absolute atomic E-state index is 0.0414. The number of benzene rings is 1. The second-order valence-corrected chi connectivity index (χ2v) is 5.40. The van der Waals surface area contributed by atoms with E-state index in [4.69, 9.17) is 4.74 Å². The van der Waals surface area contributed by atoms with Gasteiger partial charge in [0.25, 0.3) is 5.69 Å². The molecule has 0 bridgehead atoms. The van der Waals surface area contributed by atoms with Crippen LogP contribution < -0.4 is 0 Å².